The Labute approximate surface area is 125 Å². The Morgan fingerprint density at radius 2 is 2.15 bits per heavy atom. The fourth-order valence-corrected chi connectivity index (χ4v) is 3.03. The largest absolute Gasteiger partial charge is 0.480 e. The van der Waals surface area contributed by atoms with Crippen LogP contribution in [-0.2, 0) is 4.79 Å². The van der Waals surface area contributed by atoms with Gasteiger partial charge >= 0.3 is 12.0 Å². The number of hydrogen-bond donors (Lipinski definition) is 2. The molecular formula is C14H26N2O3S. The van der Waals surface area contributed by atoms with E-state index >= 15 is 0 Å². The summed E-state index contributed by atoms with van der Waals surface area (Å²) < 4.78 is 0. The Morgan fingerprint density at radius 3 is 2.70 bits per heavy atom. The first-order valence-corrected chi connectivity index (χ1v) is 8.38. The number of aliphatic carboxylic acids is 1. The molecule has 6 heteroatoms. The average molecular weight is 302 g/mol. The van der Waals surface area contributed by atoms with E-state index in [1.165, 1.54) is 4.90 Å². The second-order valence-electron chi connectivity index (χ2n) is 6.09. The van der Waals surface area contributed by atoms with Gasteiger partial charge < -0.3 is 15.3 Å². The molecule has 1 saturated heterocycles. The Bertz CT molecular complexity index is 360. The Balaban J connectivity index is 2.62. The zero-order valence-corrected chi connectivity index (χ0v) is 13.6. The van der Waals surface area contributed by atoms with Gasteiger partial charge in [-0.3, -0.25) is 0 Å². The molecule has 0 aromatic heterocycles. The van der Waals surface area contributed by atoms with Gasteiger partial charge in [-0.1, -0.05) is 20.8 Å². The van der Waals surface area contributed by atoms with E-state index in [-0.39, 0.29) is 11.4 Å². The van der Waals surface area contributed by atoms with E-state index in [9.17, 15) is 14.7 Å². The predicted octanol–water partition coefficient (Wildman–Crippen LogP) is 2.41. The monoisotopic (exact) mass is 302 g/mol. The Hall–Kier alpha value is -0.910. The van der Waals surface area contributed by atoms with Crippen molar-refractivity contribution >= 4 is 23.8 Å². The zero-order chi connectivity index (χ0) is 15.3. The second-order valence-corrected chi connectivity index (χ2v) is 7.37. The summed E-state index contributed by atoms with van der Waals surface area (Å²) >= 11 is 1.76. The lowest BCUT2D eigenvalue weighted by molar-refractivity contribution is -0.148. The number of thioether (sulfide) groups is 1. The van der Waals surface area contributed by atoms with Crippen LogP contribution >= 0.6 is 11.8 Å². The van der Waals surface area contributed by atoms with Crippen molar-refractivity contribution in [2.75, 3.05) is 19.3 Å². The van der Waals surface area contributed by atoms with Gasteiger partial charge in [-0.05, 0) is 30.9 Å². The predicted molar refractivity (Wildman–Crippen MR) is 82.1 cm³/mol. The smallest absolute Gasteiger partial charge is 0.327 e. The Kier molecular flexibility index (Phi) is 6.17. The van der Waals surface area contributed by atoms with Crippen molar-refractivity contribution in [3.63, 3.8) is 0 Å². The van der Waals surface area contributed by atoms with Crippen molar-refractivity contribution in [2.24, 2.45) is 5.41 Å². The van der Waals surface area contributed by atoms with Crippen LogP contribution in [0.25, 0.3) is 0 Å². The first-order chi connectivity index (χ1) is 9.29. The normalized spacial score (nSPS) is 23.2. The topological polar surface area (TPSA) is 69.6 Å². The third-order valence-corrected chi connectivity index (χ3v) is 5.04. The highest BCUT2D eigenvalue weighted by Gasteiger charge is 2.44. The van der Waals surface area contributed by atoms with Crippen LogP contribution in [0.4, 0.5) is 4.79 Å². The van der Waals surface area contributed by atoms with Crippen LogP contribution < -0.4 is 5.32 Å². The molecule has 2 atom stereocenters. The van der Waals surface area contributed by atoms with E-state index in [0.717, 1.165) is 19.3 Å². The molecule has 116 valence electrons. The van der Waals surface area contributed by atoms with Crippen LogP contribution in [0.2, 0.25) is 0 Å². The molecule has 0 radical (unpaired) electrons. The summed E-state index contributed by atoms with van der Waals surface area (Å²) in [5, 5.41) is 12.8. The number of carboxylic acids is 1. The van der Waals surface area contributed by atoms with E-state index < -0.39 is 12.0 Å². The molecule has 1 rings (SSSR count). The molecule has 5 nitrogen and oxygen atoms in total. The number of amides is 2. The minimum absolute atomic E-state index is 0.251. The molecule has 20 heavy (non-hydrogen) atoms. The van der Waals surface area contributed by atoms with Gasteiger partial charge in [-0.25, -0.2) is 9.59 Å². The van der Waals surface area contributed by atoms with Gasteiger partial charge in [-0.15, -0.1) is 0 Å². The number of likely N-dealkylation sites (tertiary alicyclic amines) is 1. The number of carbonyl (C=O) groups is 2. The molecule has 2 amide bonds. The molecule has 1 aliphatic rings. The lowest BCUT2D eigenvalue weighted by Crippen LogP contribution is -2.58. The number of carbonyl (C=O) groups excluding carboxylic acids is 1. The number of carboxylic acid groups (broad SMARTS) is 1. The Morgan fingerprint density at radius 1 is 1.50 bits per heavy atom. The van der Waals surface area contributed by atoms with Gasteiger partial charge in [0, 0.05) is 18.3 Å². The van der Waals surface area contributed by atoms with Gasteiger partial charge in [-0.2, -0.15) is 11.8 Å². The number of piperidine rings is 1. The summed E-state index contributed by atoms with van der Waals surface area (Å²) in [4.78, 5) is 25.2. The van der Waals surface area contributed by atoms with Gasteiger partial charge in [0.2, 0.25) is 0 Å². The summed E-state index contributed by atoms with van der Waals surface area (Å²) in [6.07, 6.45) is 4.62. The van der Waals surface area contributed by atoms with Crippen molar-refractivity contribution in [3.8, 4) is 0 Å². The van der Waals surface area contributed by atoms with Crippen LogP contribution in [0, 0.1) is 5.41 Å². The maximum absolute atomic E-state index is 12.2. The van der Waals surface area contributed by atoms with Gasteiger partial charge in [0.25, 0.3) is 0 Å². The molecule has 1 heterocycles. The quantitative estimate of drug-likeness (QED) is 0.818. The van der Waals surface area contributed by atoms with Crippen molar-refractivity contribution in [2.45, 2.75) is 51.3 Å². The molecular weight excluding hydrogens is 276 g/mol. The third kappa shape index (κ3) is 4.30. The summed E-state index contributed by atoms with van der Waals surface area (Å²) in [6.45, 7) is 7.05. The van der Waals surface area contributed by atoms with Crippen LogP contribution in [0.15, 0.2) is 0 Å². The summed E-state index contributed by atoms with van der Waals surface area (Å²) in [6, 6.07) is -0.993. The molecule has 0 aromatic carbocycles. The molecule has 0 aliphatic carbocycles. The molecule has 0 bridgehead atoms. The highest BCUT2D eigenvalue weighted by Crippen LogP contribution is 2.35. The van der Waals surface area contributed by atoms with Crippen molar-refractivity contribution in [3.05, 3.63) is 0 Å². The van der Waals surface area contributed by atoms with E-state index in [1.54, 1.807) is 11.8 Å². The van der Waals surface area contributed by atoms with Crippen molar-refractivity contribution in [1.29, 1.82) is 0 Å². The van der Waals surface area contributed by atoms with Gasteiger partial charge in [0.1, 0.15) is 6.04 Å². The summed E-state index contributed by atoms with van der Waals surface area (Å²) in [5.41, 5.74) is -0.381. The first kappa shape index (κ1) is 17.1. The number of rotatable bonds is 5. The molecule has 1 aliphatic heterocycles. The lowest BCUT2D eigenvalue weighted by atomic mass is 9.76. The zero-order valence-electron chi connectivity index (χ0n) is 12.8. The third-order valence-electron chi connectivity index (χ3n) is 4.00. The van der Waals surface area contributed by atoms with E-state index in [0.29, 0.717) is 18.3 Å². The maximum atomic E-state index is 12.2. The lowest BCUT2D eigenvalue weighted by Gasteiger charge is -2.43. The van der Waals surface area contributed by atoms with Crippen LogP contribution in [0.5, 0.6) is 0 Å². The summed E-state index contributed by atoms with van der Waals surface area (Å²) in [5.74, 6) is -0.915. The minimum atomic E-state index is -0.915. The standard InChI is InChI=1S/C14H26N2O3S/c1-10(20-4)6-8-15-13(19)16-9-5-7-14(2,3)11(16)12(17)18/h10-11H,5-9H2,1-4H3,(H,15,19)(H,17,18). The SMILES string of the molecule is CSC(C)CCNC(=O)N1CCCC(C)(C)C1C(=O)O. The molecule has 1 fully saturated rings. The average Bonchev–Trinajstić information content (AvgIpc) is 2.36. The van der Waals surface area contributed by atoms with Crippen molar-refractivity contribution < 1.29 is 14.7 Å². The van der Waals surface area contributed by atoms with Gasteiger partial charge in [0.15, 0.2) is 0 Å². The van der Waals surface area contributed by atoms with Crippen LogP contribution in [0.3, 0.4) is 0 Å². The molecule has 0 spiro atoms. The summed E-state index contributed by atoms with van der Waals surface area (Å²) in [7, 11) is 0. The molecule has 0 saturated carbocycles. The van der Waals surface area contributed by atoms with E-state index in [4.69, 9.17) is 0 Å². The molecule has 0 aromatic rings. The highest BCUT2D eigenvalue weighted by atomic mass is 32.2. The van der Waals surface area contributed by atoms with Crippen LogP contribution in [0.1, 0.15) is 40.0 Å². The number of nitrogens with one attached hydrogen (secondary N) is 1. The fraction of sp³-hybridized carbons (Fsp3) is 0.857. The van der Waals surface area contributed by atoms with E-state index in [1.807, 2.05) is 20.1 Å². The maximum Gasteiger partial charge on any atom is 0.327 e. The van der Waals surface area contributed by atoms with Gasteiger partial charge in [0.05, 0.1) is 0 Å². The van der Waals surface area contributed by atoms with E-state index in [2.05, 4.69) is 12.2 Å². The highest BCUT2D eigenvalue weighted by molar-refractivity contribution is 7.99. The fourth-order valence-electron chi connectivity index (χ4n) is 2.68. The molecule has 2 unspecified atom stereocenters. The van der Waals surface area contributed by atoms with Crippen LogP contribution in [-0.4, -0.2) is 52.6 Å². The second kappa shape index (κ2) is 7.20. The minimum Gasteiger partial charge on any atom is -0.480 e. The number of nitrogens with zero attached hydrogens (tertiary/aromatic N) is 1. The number of urea groups is 1. The number of hydrogen-bond acceptors (Lipinski definition) is 3. The first-order valence-electron chi connectivity index (χ1n) is 7.09. The molecule has 2 N–H and O–H groups in total. The van der Waals surface area contributed by atoms with Crippen molar-refractivity contribution in [1.82, 2.24) is 10.2 Å².